The number of fused-ring (bicyclic) bond motifs is 1. The van der Waals surface area contributed by atoms with Gasteiger partial charge in [0.25, 0.3) is 0 Å². The SMILES string of the molecule is CC(C)Oc1ccccc1Nc1ncnc2sc(C(C)C)cc12. The van der Waals surface area contributed by atoms with Crippen molar-refractivity contribution in [3.63, 3.8) is 0 Å². The molecule has 0 radical (unpaired) electrons. The van der Waals surface area contributed by atoms with Crippen molar-refractivity contribution in [2.45, 2.75) is 39.7 Å². The van der Waals surface area contributed by atoms with E-state index < -0.39 is 0 Å². The third-order valence-electron chi connectivity index (χ3n) is 3.42. The summed E-state index contributed by atoms with van der Waals surface area (Å²) in [5.74, 6) is 2.13. The molecule has 0 aliphatic rings. The molecule has 0 unspecified atom stereocenters. The fourth-order valence-electron chi connectivity index (χ4n) is 2.31. The molecule has 0 atom stereocenters. The van der Waals surface area contributed by atoms with Crippen LogP contribution in [0, 0.1) is 0 Å². The van der Waals surface area contributed by atoms with E-state index in [0.29, 0.717) is 5.92 Å². The van der Waals surface area contributed by atoms with Crippen LogP contribution in [0.15, 0.2) is 36.7 Å². The fourth-order valence-corrected chi connectivity index (χ4v) is 3.31. The van der Waals surface area contributed by atoms with Crippen LogP contribution in [0.5, 0.6) is 5.75 Å². The van der Waals surface area contributed by atoms with Crippen LogP contribution in [0.1, 0.15) is 38.5 Å². The number of thiophene rings is 1. The molecule has 1 N–H and O–H groups in total. The van der Waals surface area contributed by atoms with Crippen molar-refractivity contribution < 1.29 is 4.74 Å². The number of rotatable bonds is 5. The summed E-state index contributed by atoms with van der Waals surface area (Å²) in [6.07, 6.45) is 1.73. The third-order valence-corrected chi connectivity index (χ3v) is 4.76. The van der Waals surface area contributed by atoms with E-state index in [1.165, 1.54) is 4.88 Å². The van der Waals surface area contributed by atoms with Gasteiger partial charge in [0, 0.05) is 4.88 Å². The molecule has 3 aromatic rings. The number of benzene rings is 1. The second-order valence-corrected chi connectivity index (χ2v) is 7.09. The highest BCUT2D eigenvalue weighted by atomic mass is 32.1. The molecule has 0 bridgehead atoms. The monoisotopic (exact) mass is 327 g/mol. The van der Waals surface area contributed by atoms with Gasteiger partial charge in [-0.3, -0.25) is 0 Å². The Morgan fingerprint density at radius 2 is 1.87 bits per heavy atom. The Hall–Kier alpha value is -2.14. The quantitative estimate of drug-likeness (QED) is 0.686. The molecule has 23 heavy (non-hydrogen) atoms. The molecule has 5 heteroatoms. The van der Waals surface area contributed by atoms with Crippen molar-refractivity contribution in [2.24, 2.45) is 0 Å². The van der Waals surface area contributed by atoms with E-state index in [-0.39, 0.29) is 6.10 Å². The third kappa shape index (κ3) is 3.45. The maximum Gasteiger partial charge on any atom is 0.143 e. The van der Waals surface area contributed by atoms with Crippen LogP contribution in [-0.2, 0) is 0 Å². The number of hydrogen-bond donors (Lipinski definition) is 1. The van der Waals surface area contributed by atoms with Crippen molar-refractivity contribution in [3.05, 3.63) is 41.5 Å². The molecular weight excluding hydrogens is 306 g/mol. The highest BCUT2D eigenvalue weighted by molar-refractivity contribution is 7.18. The zero-order chi connectivity index (χ0) is 16.4. The standard InChI is InChI=1S/C18H21N3OS/c1-11(2)16-9-13-17(19-10-20-18(13)23-16)21-14-7-5-6-8-15(14)22-12(3)4/h5-12H,1-4H3,(H,19,20,21). The molecule has 0 spiro atoms. The lowest BCUT2D eigenvalue weighted by molar-refractivity contribution is 0.244. The van der Waals surface area contributed by atoms with Crippen LogP contribution in [0.4, 0.5) is 11.5 Å². The Morgan fingerprint density at radius 1 is 1.09 bits per heavy atom. The molecular formula is C18H21N3OS. The van der Waals surface area contributed by atoms with Crippen molar-refractivity contribution in [2.75, 3.05) is 5.32 Å². The lowest BCUT2D eigenvalue weighted by Crippen LogP contribution is -2.07. The Kier molecular flexibility index (Phi) is 4.48. The average Bonchev–Trinajstić information content (AvgIpc) is 2.94. The lowest BCUT2D eigenvalue weighted by Gasteiger charge is -2.15. The van der Waals surface area contributed by atoms with E-state index >= 15 is 0 Å². The predicted molar refractivity (Wildman–Crippen MR) is 97.0 cm³/mol. The Bertz CT molecular complexity index is 811. The van der Waals surface area contributed by atoms with Gasteiger partial charge in [-0.1, -0.05) is 26.0 Å². The zero-order valence-corrected chi connectivity index (χ0v) is 14.6. The van der Waals surface area contributed by atoms with Crippen molar-refractivity contribution in [1.82, 2.24) is 9.97 Å². The molecule has 0 aliphatic carbocycles. The summed E-state index contributed by atoms with van der Waals surface area (Å²) < 4.78 is 5.87. The van der Waals surface area contributed by atoms with E-state index in [0.717, 1.165) is 27.5 Å². The van der Waals surface area contributed by atoms with Crippen LogP contribution >= 0.6 is 11.3 Å². The Balaban J connectivity index is 1.99. The molecule has 1 aromatic carbocycles. The van der Waals surface area contributed by atoms with Crippen LogP contribution < -0.4 is 10.1 Å². The summed E-state index contributed by atoms with van der Waals surface area (Å²) in [5.41, 5.74) is 0.915. The van der Waals surface area contributed by atoms with Gasteiger partial charge in [0.1, 0.15) is 22.7 Å². The maximum absolute atomic E-state index is 5.87. The smallest absolute Gasteiger partial charge is 0.143 e. The van der Waals surface area contributed by atoms with Gasteiger partial charge >= 0.3 is 0 Å². The zero-order valence-electron chi connectivity index (χ0n) is 13.8. The van der Waals surface area contributed by atoms with Gasteiger partial charge in [-0.25, -0.2) is 9.97 Å². The number of ether oxygens (including phenoxy) is 1. The number of nitrogens with one attached hydrogen (secondary N) is 1. The first kappa shape index (κ1) is 15.7. The van der Waals surface area contributed by atoms with Crippen molar-refractivity contribution in [1.29, 1.82) is 0 Å². The van der Waals surface area contributed by atoms with Crippen LogP contribution in [0.25, 0.3) is 10.2 Å². The summed E-state index contributed by atoms with van der Waals surface area (Å²) in [6, 6.07) is 10.1. The van der Waals surface area contributed by atoms with Gasteiger partial charge in [-0.15, -0.1) is 11.3 Å². The van der Waals surface area contributed by atoms with Gasteiger partial charge in [0.2, 0.25) is 0 Å². The lowest BCUT2D eigenvalue weighted by atomic mass is 10.1. The van der Waals surface area contributed by atoms with E-state index in [1.807, 2.05) is 38.1 Å². The first-order valence-corrected chi connectivity index (χ1v) is 8.63. The van der Waals surface area contributed by atoms with Gasteiger partial charge in [0.05, 0.1) is 17.2 Å². The minimum atomic E-state index is 0.122. The summed E-state index contributed by atoms with van der Waals surface area (Å²) in [7, 11) is 0. The van der Waals surface area contributed by atoms with E-state index in [1.54, 1.807) is 17.7 Å². The van der Waals surface area contributed by atoms with E-state index in [4.69, 9.17) is 4.74 Å². The highest BCUT2D eigenvalue weighted by Crippen LogP contribution is 2.35. The second-order valence-electron chi connectivity index (χ2n) is 6.03. The van der Waals surface area contributed by atoms with Crippen molar-refractivity contribution in [3.8, 4) is 5.75 Å². The van der Waals surface area contributed by atoms with E-state index in [2.05, 4.69) is 35.2 Å². The largest absolute Gasteiger partial charge is 0.489 e. The molecule has 0 aliphatic heterocycles. The minimum absolute atomic E-state index is 0.122. The normalized spacial score (nSPS) is 11.4. The molecule has 0 saturated heterocycles. The predicted octanol–water partition coefficient (Wildman–Crippen LogP) is 5.35. The average molecular weight is 327 g/mol. The number of hydrogen-bond acceptors (Lipinski definition) is 5. The summed E-state index contributed by atoms with van der Waals surface area (Å²) in [6.45, 7) is 8.43. The first-order valence-electron chi connectivity index (χ1n) is 7.81. The number of nitrogens with zero attached hydrogens (tertiary/aromatic N) is 2. The van der Waals surface area contributed by atoms with Gasteiger partial charge in [-0.2, -0.15) is 0 Å². The molecule has 2 aromatic heterocycles. The molecule has 0 saturated carbocycles. The number of aromatic nitrogens is 2. The molecule has 4 nitrogen and oxygen atoms in total. The molecule has 120 valence electrons. The van der Waals surface area contributed by atoms with Gasteiger partial charge < -0.3 is 10.1 Å². The van der Waals surface area contributed by atoms with Gasteiger partial charge in [-0.05, 0) is 38.0 Å². The van der Waals surface area contributed by atoms with Crippen LogP contribution in [-0.4, -0.2) is 16.1 Å². The van der Waals surface area contributed by atoms with E-state index in [9.17, 15) is 0 Å². The topological polar surface area (TPSA) is 47.0 Å². The van der Waals surface area contributed by atoms with Crippen LogP contribution in [0.3, 0.4) is 0 Å². The summed E-state index contributed by atoms with van der Waals surface area (Å²) >= 11 is 1.72. The Labute approximate surface area is 140 Å². The minimum Gasteiger partial charge on any atom is -0.489 e. The second kappa shape index (κ2) is 6.54. The molecule has 0 fully saturated rings. The van der Waals surface area contributed by atoms with Crippen LogP contribution in [0.2, 0.25) is 0 Å². The molecule has 3 rings (SSSR count). The fraction of sp³-hybridized carbons (Fsp3) is 0.333. The molecule has 0 amide bonds. The van der Waals surface area contributed by atoms with Crippen molar-refractivity contribution >= 4 is 33.1 Å². The number of para-hydroxylation sites is 2. The maximum atomic E-state index is 5.87. The highest BCUT2D eigenvalue weighted by Gasteiger charge is 2.13. The number of anilines is 2. The van der Waals surface area contributed by atoms with Gasteiger partial charge in [0.15, 0.2) is 0 Å². The summed E-state index contributed by atoms with van der Waals surface area (Å²) in [5, 5.41) is 4.46. The summed E-state index contributed by atoms with van der Waals surface area (Å²) in [4.78, 5) is 11.1. The molecule has 2 heterocycles. The Morgan fingerprint density at radius 3 is 2.61 bits per heavy atom. The first-order chi connectivity index (χ1) is 11.0.